The van der Waals surface area contributed by atoms with Gasteiger partial charge in [0, 0.05) is 15.4 Å². The number of halogens is 1. The van der Waals surface area contributed by atoms with Crippen molar-refractivity contribution in [3.05, 3.63) is 99.0 Å². The number of aryl methyl sites for hydroxylation is 2. The molecule has 0 amide bonds. The topological polar surface area (TPSA) is 47.8 Å². The molecule has 5 heteroatoms. The van der Waals surface area contributed by atoms with Crippen LogP contribution in [0.4, 0.5) is 0 Å². The van der Waals surface area contributed by atoms with Gasteiger partial charge in [0.1, 0.15) is 11.3 Å². The van der Waals surface area contributed by atoms with Gasteiger partial charge in [-0.2, -0.15) is 0 Å². The third-order valence-electron chi connectivity index (χ3n) is 5.29. The van der Waals surface area contributed by atoms with Crippen molar-refractivity contribution in [1.82, 2.24) is 14.5 Å². The first kappa shape index (κ1) is 18.7. The van der Waals surface area contributed by atoms with Crippen molar-refractivity contribution in [3.8, 4) is 16.9 Å². The second-order valence-electron chi connectivity index (χ2n) is 7.34. The van der Waals surface area contributed by atoms with E-state index in [4.69, 9.17) is 9.97 Å². The largest absolute Gasteiger partial charge is 0.268 e. The van der Waals surface area contributed by atoms with Crippen molar-refractivity contribution in [1.29, 1.82) is 0 Å². The number of nitrogens with zero attached hydrogens (tertiary/aromatic N) is 3. The molecular weight excluding hydrogens is 438 g/mol. The summed E-state index contributed by atoms with van der Waals surface area (Å²) in [5, 5.41) is 1.40. The van der Waals surface area contributed by atoms with Crippen molar-refractivity contribution >= 4 is 37.7 Å². The quantitative estimate of drug-likeness (QED) is 0.307. The minimum atomic E-state index is -0.0849. The van der Waals surface area contributed by atoms with Gasteiger partial charge in [0.2, 0.25) is 0 Å². The molecule has 4 nitrogen and oxygen atoms in total. The normalized spacial score (nSPS) is 11.3. The van der Waals surface area contributed by atoms with Crippen molar-refractivity contribution in [3.63, 3.8) is 0 Å². The van der Waals surface area contributed by atoms with Gasteiger partial charge in [0.05, 0.1) is 22.3 Å². The summed E-state index contributed by atoms with van der Waals surface area (Å²) in [6, 6.07) is 23.6. The van der Waals surface area contributed by atoms with Crippen LogP contribution in [-0.2, 0) is 0 Å². The first-order valence-electron chi connectivity index (χ1n) is 9.68. The number of hydrogen-bond donors (Lipinski definition) is 0. The van der Waals surface area contributed by atoms with Crippen LogP contribution in [0.1, 0.15) is 11.4 Å². The van der Waals surface area contributed by atoms with E-state index in [0.717, 1.165) is 32.2 Å². The van der Waals surface area contributed by atoms with Crippen molar-refractivity contribution in [2.75, 3.05) is 0 Å². The van der Waals surface area contributed by atoms with Gasteiger partial charge in [0.25, 0.3) is 5.56 Å². The molecule has 0 radical (unpaired) electrons. The molecule has 0 saturated heterocycles. The van der Waals surface area contributed by atoms with Gasteiger partial charge in [-0.25, -0.2) is 9.97 Å². The number of para-hydroxylation sites is 1. The Bertz CT molecular complexity index is 1470. The number of benzene rings is 3. The highest BCUT2D eigenvalue weighted by Crippen LogP contribution is 2.30. The van der Waals surface area contributed by atoms with Crippen LogP contribution in [0, 0.1) is 13.8 Å². The van der Waals surface area contributed by atoms with E-state index in [1.165, 1.54) is 0 Å². The molecule has 0 fully saturated rings. The number of pyridine rings is 1. The van der Waals surface area contributed by atoms with Crippen LogP contribution in [-0.4, -0.2) is 14.5 Å². The highest BCUT2D eigenvalue weighted by Gasteiger charge is 2.18. The zero-order valence-corrected chi connectivity index (χ0v) is 18.1. The summed E-state index contributed by atoms with van der Waals surface area (Å²) in [5.74, 6) is 0.631. The molecule has 0 saturated carbocycles. The first-order chi connectivity index (χ1) is 14.5. The smallest absolute Gasteiger partial charge is 0.266 e. The predicted octanol–water partition coefficient (Wildman–Crippen LogP) is 5.98. The first-order valence-corrected chi connectivity index (χ1v) is 10.5. The van der Waals surface area contributed by atoms with Crippen LogP contribution < -0.4 is 5.56 Å². The summed E-state index contributed by atoms with van der Waals surface area (Å²) in [6.07, 6.45) is 0. The summed E-state index contributed by atoms with van der Waals surface area (Å²) in [5.41, 5.74) is 4.91. The van der Waals surface area contributed by atoms with Gasteiger partial charge in [-0.3, -0.25) is 9.36 Å². The number of fused-ring (bicyclic) bond motifs is 3. The van der Waals surface area contributed by atoms with Gasteiger partial charge in [-0.15, -0.1) is 0 Å². The van der Waals surface area contributed by atoms with Crippen molar-refractivity contribution in [2.24, 2.45) is 0 Å². The lowest BCUT2D eigenvalue weighted by molar-refractivity contribution is 0.895. The fraction of sp³-hybridized carbons (Fsp3) is 0.0800. The molecule has 0 N–H and O–H groups in total. The molecule has 30 heavy (non-hydrogen) atoms. The van der Waals surface area contributed by atoms with Gasteiger partial charge in [-0.1, -0.05) is 64.0 Å². The number of aromatic nitrogens is 3. The molecule has 0 unspecified atom stereocenters. The van der Waals surface area contributed by atoms with E-state index in [0.29, 0.717) is 22.4 Å². The SMILES string of the molecule is Cc1ccc(-n2c(C)nc3c(-c4ccc(Br)cc4)nc4ccccc4c3c2=O)cc1. The Morgan fingerprint density at radius 2 is 1.53 bits per heavy atom. The Labute approximate surface area is 182 Å². The summed E-state index contributed by atoms with van der Waals surface area (Å²) in [7, 11) is 0. The Balaban J connectivity index is 1.93. The van der Waals surface area contributed by atoms with Crippen LogP contribution in [0.25, 0.3) is 38.8 Å². The molecule has 0 aliphatic rings. The van der Waals surface area contributed by atoms with Gasteiger partial charge >= 0.3 is 0 Å². The number of hydrogen-bond acceptors (Lipinski definition) is 3. The average Bonchev–Trinajstić information content (AvgIpc) is 2.75. The third-order valence-corrected chi connectivity index (χ3v) is 5.82. The summed E-state index contributed by atoms with van der Waals surface area (Å²) in [4.78, 5) is 23.5. The Morgan fingerprint density at radius 1 is 0.833 bits per heavy atom. The Hall–Kier alpha value is -3.31. The fourth-order valence-corrected chi connectivity index (χ4v) is 4.07. The number of rotatable bonds is 2. The molecule has 5 aromatic rings. The summed E-state index contributed by atoms with van der Waals surface area (Å²) < 4.78 is 2.67. The van der Waals surface area contributed by atoms with E-state index < -0.39 is 0 Å². The molecule has 146 valence electrons. The van der Waals surface area contributed by atoms with Crippen molar-refractivity contribution in [2.45, 2.75) is 13.8 Å². The maximum absolute atomic E-state index is 13.8. The van der Waals surface area contributed by atoms with E-state index in [1.54, 1.807) is 4.57 Å². The lowest BCUT2D eigenvalue weighted by Crippen LogP contribution is -2.23. The standard InChI is InChI=1S/C25H18BrN3O/c1-15-7-13-19(14-8-15)29-16(2)27-24-22(25(29)30)20-5-3-4-6-21(20)28-23(24)17-9-11-18(26)12-10-17/h3-14H,1-2H3. The summed E-state index contributed by atoms with van der Waals surface area (Å²) in [6.45, 7) is 3.89. The predicted molar refractivity (Wildman–Crippen MR) is 125 cm³/mol. The second-order valence-corrected chi connectivity index (χ2v) is 8.26. The third kappa shape index (κ3) is 3.02. The lowest BCUT2D eigenvalue weighted by Gasteiger charge is -2.14. The Morgan fingerprint density at radius 3 is 2.27 bits per heavy atom. The van der Waals surface area contributed by atoms with E-state index >= 15 is 0 Å². The molecule has 0 aliphatic heterocycles. The maximum Gasteiger partial charge on any atom is 0.266 e. The molecule has 0 atom stereocenters. The monoisotopic (exact) mass is 455 g/mol. The van der Waals surface area contributed by atoms with Crippen LogP contribution in [0.5, 0.6) is 0 Å². The molecule has 5 rings (SSSR count). The van der Waals surface area contributed by atoms with E-state index in [-0.39, 0.29) is 5.56 Å². The zero-order chi connectivity index (χ0) is 20.8. The minimum absolute atomic E-state index is 0.0849. The van der Waals surface area contributed by atoms with Gasteiger partial charge in [-0.05, 0) is 44.2 Å². The summed E-state index contributed by atoms with van der Waals surface area (Å²) >= 11 is 3.48. The maximum atomic E-state index is 13.8. The molecular formula is C25H18BrN3O. The van der Waals surface area contributed by atoms with E-state index in [1.807, 2.05) is 86.6 Å². The van der Waals surface area contributed by atoms with Crippen molar-refractivity contribution < 1.29 is 0 Å². The molecule has 3 aromatic carbocycles. The minimum Gasteiger partial charge on any atom is -0.268 e. The molecule has 2 heterocycles. The van der Waals surface area contributed by atoms with Gasteiger partial charge < -0.3 is 0 Å². The van der Waals surface area contributed by atoms with Gasteiger partial charge in [0.15, 0.2) is 0 Å². The van der Waals surface area contributed by atoms with E-state index in [9.17, 15) is 4.79 Å². The van der Waals surface area contributed by atoms with Crippen LogP contribution >= 0.6 is 15.9 Å². The van der Waals surface area contributed by atoms with Crippen LogP contribution in [0.15, 0.2) is 82.1 Å². The zero-order valence-electron chi connectivity index (χ0n) is 16.6. The molecule has 0 bridgehead atoms. The fourth-order valence-electron chi connectivity index (χ4n) is 3.80. The van der Waals surface area contributed by atoms with Crippen LogP contribution in [0.2, 0.25) is 0 Å². The average molecular weight is 456 g/mol. The molecule has 0 aliphatic carbocycles. The highest BCUT2D eigenvalue weighted by molar-refractivity contribution is 9.10. The lowest BCUT2D eigenvalue weighted by atomic mass is 10.0. The second kappa shape index (κ2) is 7.18. The molecule has 0 spiro atoms. The Kier molecular flexibility index (Phi) is 4.48. The van der Waals surface area contributed by atoms with E-state index in [2.05, 4.69) is 15.9 Å². The highest BCUT2D eigenvalue weighted by atomic mass is 79.9. The van der Waals surface area contributed by atoms with Crippen LogP contribution in [0.3, 0.4) is 0 Å². The molecule has 2 aromatic heterocycles.